The van der Waals surface area contributed by atoms with E-state index in [1.807, 2.05) is 44.2 Å². The fourth-order valence-corrected chi connectivity index (χ4v) is 3.77. The molecule has 0 saturated carbocycles. The fraction of sp³-hybridized carbons (Fsp3) is 0.333. The molecule has 1 atom stereocenters. The lowest BCUT2D eigenvalue weighted by atomic mass is 9.95. The molecular weight excluding hydrogens is 326 g/mol. The van der Waals surface area contributed by atoms with Gasteiger partial charge in [0.25, 0.3) is 5.91 Å². The standard InChI is InChI=1S/C21H23N3O2/c1-12(2)18(11-25)22-21(26)16-7-4-6-15-14(16)10-9-13-5-3-8-17-19(13)20(15)24-23-17/h3-8,12,18,25H,9-11H2,1-2H3,(H,22,26)(H,23,24). The molecule has 1 unspecified atom stereocenters. The molecular formula is C21H23N3O2. The molecule has 1 heterocycles. The van der Waals surface area contributed by atoms with Crippen molar-refractivity contribution in [1.29, 1.82) is 0 Å². The van der Waals surface area contributed by atoms with Crippen LogP contribution in [0.3, 0.4) is 0 Å². The van der Waals surface area contributed by atoms with Gasteiger partial charge in [0.2, 0.25) is 0 Å². The summed E-state index contributed by atoms with van der Waals surface area (Å²) in [6.45, 7) is 3.91. The minimum absolute atomic E-state index is 0.0656. The van der Waals surface area contributed by atoms with Crippen molar-refractivity contribution in [1.82, 2.24) is 15.5 Å². The Morgan fingerprint density at radius 1 is 1.23 bits per heavy atom. The third kappa shape index (κ3) is 2.69. The molecule has 0 bridgehead atoms. The fourth-order valence-electron chi connectivity index (χ4n) is 3.77. The van der Waals surface area contributed by atoms with Crippen molar-refractivity contribution in [3.05, 3.63) is 53.1 Å². The molecule has 0 aliphatic heterocycles. The Bertz CT molecular complexity index is 975. The third-order valence-corrected chi connectivity index (χ3v) is 5.31. The number of aliphatic hydroxyl groups excluding tert-OH is 1. The van der Waals surface area contributed by atoms with Crippen molar-refractivity contribution < 1.29 is 9.90 Å². The minimum atomic E-state index is -0.251. The lowest BCUT2D eigenvalue weighted by Gasteiger charge is -2.21. The van der Waals surface area contributed by atoms with Gasteiger partial charge in [-0.15, -0.1) is 0 Å². The quantitative estimate of drug-likeness (QED) is 0.677. The number of nitrogens with zero attached hydrogens (tertiary/aromatic N) is 1. The zero-order valence-corrected chi connectivity index (χ0v) is 15.0. The normalized spacial score (nSPS) is 14.2. The highest BCUT2D eigenvalue weighted by atomic mass is 16.3. The molecule has 4 rings (SSSR count). The monoisotopic (exact) mass is 349 g/mol. The molecule has 3 N–H and O–H groups in total. The molecule has 0 radical (unpaired) electrons. The molecule has 1 aliphatic rings. The summed E-state index contributed by atoms with van der Waals surface area (Å²) in [5, 5.41) is 21.3. The van der Waals surface area contributed by atoms with Crippen LogP contribution >= 0.6 is 0 Å². The largest absolute Gasteiger partial charge is 0.394 e. The first-order valence-electron chi connectivity index (χ1n) is 9.10. The molecule has 1 aromatic heterocycles. The van der Waals surface area contributed by atoms with Gasteiger partial charge in [-0.25, -0.2) is 0 Å². The Kier molecular flexibility index (Phi) is 4.24. The number of rotatable bonds is 4. The molecule has 26 heavy (non-hydrogen) atoms. The number of aromatic amines is 1. The average Bonchev–Trinajstić information content (AvgIpc) is 3.00. The van der Waals surface area contributed by atoms with E-state index in [-0.39, 0.29) is 24.5 Å². The Labute approximate surface area is 152 Å². The molecule has 1 aliphatic carbocycles. The summed E-state index contributed by atoms with van der Waals surface area (Å²) >= 11 is 0. The van der Waals surface area contributed by atoms with Crippen LogP contribution in [0.15, 0.2) is 36.4 Å². The summed E-state index contributed by atoms with van der Waals surface area (Å²) in [5.41, 5.74) is 5.91. The predicted molar refractivity (Wildman–Crippen MR) is 102 cm³/mol. The summed E-state index contributed by atoms with van der Waals surface area (Å²) < 4.78 is 0. The average molecular weight is 349 g/mol. The van der Waals surface area contributed by atoms with E-state index in [1.165, 1.54) is 5.56 Å². The molecule has 5 heteroatoms. The number of carbonyl (C=O) groups is 1. The number of H-pyrrole nitrogens is 1. The maximum absolute atomic E-state index is 12.9. The number of aliphatic hydroxyl groups is 1. The molecule has 134 valence electrons. The first-order valence-corrected chi connectivity index (χ1v) is 9.10. The molecule has 2 aromatic carbocycles. The number of benzene rings is 2. The third-order valence-electron chi connectivity index (χ3n) is 5.31. The smallest absolute Gasteiger partial charge is 0.251 e. The van der Waals surface area contributed by atoms with Gasteiger partial charge < -0.3 is 10.4 Å². The van der Waals surface area contributed by atoms with E-state index in [0.29, 0.717) is 5.56 Å². The Balaban J connectivity index is 1.78. The van der Waals surface area contributed by atoms with E-state index < -0.39 is 0 Å². The molecule has 5 nitrogen and oxygen atoms in total. The maximum atomic E-state index is 12.9. The van der Waals surface area contributed by atoms with E-state index in [2.05, 4.69) is 21.6 Å². The van der Waals surface area contributed by atoms with Crippen molar-refractivity contribution in [3.8, 4) is 11.3 Å². The highest BCUT2D eigenvalue weighted by molar-refractivity contribution is 6.02. The van der Waals surface area contributed by atoms with Crippen LogP contribution in [0.5, 0.6) is 0 Å². The van der Waals surface area contributed by atoms with Gasteiger partial charge in [-0.05, 0) is 42.0 Å². The van der Waals surface area contributed by atoms with Gasteiger partial charge in [0.05, 0.1) is 18.2 Å². The van der Waals surface area contributed by atoms with Crippen LogP contribution in [-0.2, 0) is 12.8 Å². The van der Waals surface area contributed by atoms with Crippen molar-refractivity contribution in [2.45, 2.75) is 32.7 Å². The predicted octanol–water partition coefficient (Wildman–Crippen LogP) is 3.08. The van der Waals surface area contributed by atoms with Crippen LogP contribution in [0.2, 0.25) is 0 Å². The van der Waals surface area contributed by atoms with Gasteiger partial charge in [-0.3, -0.25) is 9.89 Å². The van der Waals surface area contributed by atoms with Gasteiger partial charge in [0.15, 0.2) is 0 Å². The number of aryl methyl sites for hydroxylation is 1. The number of aromatic nitrogens is 2. The summed E-state index contributed by atoms with van der Waals surface area (Å²) in [6.07, 6.45) is 1.66. The lowest BCUT2D eigenvalue weighted by Crippen LogP contribution is -2.41. The maximum Gasteiger partial charge on any atom is 0.251 e. The number of hydrogen-bond donors (Lipinski definition) is 3. The second-order valence-electron chi connectivity index (χ2n) is 7.25. The van der Waals surface area contributed by atoms with Gasteiger partial charge in [0, 0.05) is 16.5 Å². The van der Waals surface area contributed by atoms with Crippen LogP contribution in [0.1, 0.15) is 35.3 Å². The Hall–Kier alpha value is -2.66. The first-order chi connectivity index (χ1) is 12.6. The van der Waals surface area contributed by atoms with Gasteiger partial charge >= 0.3 is 0 Å². The second-order valence-corrected chi connectivity index (χ2v) is 7.25. The first kappa shape index (κ1) is 16.8. The molecule has 0 spiro atoms. The summed E-state index contributed by atoms with van der Waals surface area (Å²) in [7, 11) is 0. The number of amides is 1. The van der Waals surface area contributed by atoms with Crippen molar-refractivity contribution in [2.24, 2.45) is 5.92 Å². The van der Waals surface area contributed by atoms with E-state index in [1.54, 1.807) is 0 Å². The second kappa shape index (κ2) is 6.57. The van der Waals surface area contributed by atoms with E-state index >= 15 is 0 Å². The summed E-state index contributed by atoms with van der Waals surface area (Å²) in [4.78, 5) is 12.9. The summed E-state index contributed by atoms with van der Waals surface area (Å²) in [5.74, 6) is 0.0359. The molecule has 1 amide bonds. The van der Waals surface area contributed by atoms with Crippen LogP contribution in [0.25, 0.3) is 22.2 Å². The zero-order chi connectivity index (χ0) is 18.3. The highest BCUT2D eigenvalue weighted by Gasteiger charge is 2.24. The Morgan fingerprint density at radius 3 is 2.81 bits per heavy atom. The minimum Gasteiger partial charge on any atom is -0.394 e. The number of hydrogen-bond acceptors (Lipinski definition) is 3. The van der Waals surface area contributed by atoms with Crippen molar-refractivity contribution >= 4 is 16.8 Å². The van der Waals surface area contributed by atoms with Gasteiger partial charge in [0.1, 0.15) is 5.69 Å². The SMILES string of the molecule is CC(C)C(CO)NC(=O)c1cccc2c1CCc1cccc3[nH]nc-2c13. The van der Waals surface area contributed by atoms with Crippen LogP contribution in [-0.4, -0.2) is 33.9 Å². The van der Waals surface area contributed by atoms with Gasteiger partial charge in [-0.2, -0.15) is 5.10 Å². The van der Waals surface area contributed by atoms with E-state index in [9.17, 15) is 9.90 Å². The summed E-state index contributed by atoms with van der Waals surface area (Å²) in [6, 6.07) is 11.8. The highest BCUT2D eigenvalue weighted by Crippen LogP contribution is 2.36. The van der Waals surface area contributed by atoms with E-state index in [0.717, 1.165) is 40.6 Å². The van der Waals surface area contributed by atoms with Crippen LogP contribution < -0.4 is 5.32 Å². The number of nitrogens with one attached hydrogen (secondary N) is 2. The number of fused-ring (bicyclic) bond motifs is 2. The van der Waals surface area contributed by atoms with Gasteiger partial charge in [-0.1, -0.05) is 38.1 Å². The van der Waals surface area contributed by atoms with Crippen LogP contribution in [0.4, 0.5) is 0 Å². The van der Waals surface area contributed by atoms with Crippen molar-refractivity contribution in [2.75, 3.05) is 6.61 Å². The number of carbonyl (C=O) groups excluding carboxylic acids is 1. The molecule has 0 fully saturated rings. The topological polar surface area (TPSA) is 78.0 Å². The van der Waals surface area contributed by atoms with E-state index in [4.69, 9.17) is 0 Å². The van der Waals surface area contributed by atoms with Crippen LogP contribution in [0, 0.1) is 5.92 Å². The van der Waals surface area contributed by atoms with Crippen molar-refractivity contribution in [3.63, 3.8) is 0 Å². The lowest BCUT2D eigenvalue weighted by molar-refractivity contribution is 0.0896. The molecule has 3 aromatic rings. The zero-order valence-electron chi connectivity index (χ0n) is 15.0. The Morgan fingerprint density at radius 2 is 2.04 bits per heavy atom. The molecule has 0 saturated heterocycles.